The fourth-order valence-corrected chi connectivity index (χ4v) is 1.77. The molecule has 0 aliphatic carbocycles. The molecule has 0 saturated heterocycles. The Labute approximate surface area is 108 Å². The van der Waals surface area contributed by atoms with E-state index in [-0.39, 0.29) is 5.69 Å². The lowest BCUT2D eigenvalue weighted by atomic mass is 10.0. The third kappa shape index (κ3) is 2.44. The molecule has 0 unspecified atom stereocenters. The maximum absolute atomic E-state index is 13.7. The Bertz CT molecular complexity index is 627. The molecular formula is C14H10FNO3. The highest BCUT2D eigenvalue weighted by Gasteiger charge is 2.16. The predicted molar refractivity (Wildman–Crippen MR) is 68.6 cm³/mol. The minimum Gasteiger partial charge on any atom is -0.478 e. The van der Waals surface area contributed by atoms with Gasteiger partial charge in [-0.15, -0.1) is 0 Å². The average Bonchev–Trinajstić information content (AvgIpc) is 2.37. The predicted octanol–water partition coefficient (Wildman–Crippen LogP) is 2.59. The Morgan fingerprint density at radius 2 is 1.79 bits per heavy atom. The highest BCUT2D eigenvalue weighted by Crippen LogP contribution is 2.26. The molecule has 0 spiro atoms. The van der Waals surface area contributed by atoms with E-state index >= 15 is 0 Å². The summed E-state index contributed by atoms with van der Waals surface area (Å²) in [4.78, 5) is 21.4. The molecule has 96 valence electrons. The van der Waals surface area contributed by atoms with Gasteiger partial charge in [-0.2, -0.15) is 0 Å². The van der Waals surface area contributed by atoms with Gasteiger partial charge >= 0.3 is 5.97 Å². The van der Waals surface area contributed by atoms with Gasteiger partial charge in [-0.1, -0.05) is 24.3 Å². The number of benzene rings is 2. The van der Waals surface area contributed by atoms with Gasteiger partial charge in [-0.3, -0.25) is 4.79 Å². The van der Waals surface area contributed by atoms with Crippen LogP contribution in [0.3, 0.4) is 0 Å². The van der Waals surface area contributed by atoms with Crippen molar-refractivity contribution in [1.29, 1.82) is 0 Å². The van der Waals surface area contributed by atoms with Crippen LogP contribution in [0.2, 0.25) is 0 Å². The van der Waals surface area contributed by atoms with Crippen molar-refractivity contribution >= 4 is 17.9 Å². The SMILES string of the molecule is Nc1cc(-c2ccc(C=O)cc2)cc(F)c1C(=O)O. The molecule has 0 aliphatic heterocycles. The van der Waals surface area contributed by atoms with Gasteiger partial charge < -0.3 is 10.8 Å². The molecule has 19 heavy (non-hydrogen) atoms. The van der Waals surface area contributed by atoms with Gasteiger partial charge in [-0.25, -0.2) is 9.18 Å². The summed E-state index contributed by atoms with van der Waals surface area (Å²) in [6.45, 7) is 0. The largest absolute Gasteiger partial charge is 0.478 e. The molecule has 0 aromatic heterocycles. The minimum absolute atomic E-state index is 0.137. The maximum atomic E-state index is 13.7. The van der Waals surface area contributed by atoms with Crippen molar-refractivity contribution in [3.05, 3.63) is 53.3 Å². The van der Waals surface area contributed by atoms with E-state index in [9.17, 15) is 14.0 Å². The van der Waals surface area contributed by atoms with E-state index in [1.54, 1.807) is 24.3 Å². The zero-order valence-electron chi connectivity index (χ0n) is 9.76. The van der Waals surface area contributed by atoms with Crippen LogP contribution in [-0.4, -0.2) is 17.4 Å². The Morgan fingerprint density at radius 1 is 1.16 bits per heavy atom. The number of nitrogens with two attached hydrogens (primary N) is 1. The van der Waals surface area contributed by atoms with Crippen molar-refractivity contribution < 1.29 is 19.1 Å². The summed E-state index contributed by atoms with van der Waals surface area (Å²) >= 11 is 0. The number of aromatic carboxylic acids is 1. The number of halogens is 1. The molecule has 0 fully saturated rings. The zero-order chi connectivity index (χ0) is 14.0. The van der Waals surface area contributed by atoms with Crippen LogP contribution in [0.4, 0.5) is 10.1 Å². The number of carbonyl (C=O) groups is 2. The summed E-state index contributed by atoms with van der Waals surface area (Å²) in [6, 6.07) is 8.94. The van der Waals surface area contributed by atoms with Gasteiger partial charge in [0.15, 0.2) is 0 Å². The molecule has 0 saturated carbocycles. The number of nitrogen functional groups attached to an aromatic ring is 1. The average molecular weight is 259 g/mol. The van der Waals surface area contributed by atoms with Crippen molar-refractivity contribution in [3.63, 3.8) is 0 Å². The topological polar surface area (TPSA) is 80.4 Å². The number of hydrogen-bond acceptors (Lipinski definition) is 3. The number of anilines is 1. The van der Waals surface area contributed by atoms with E-state index < -0.39 is 17.3 Å². The van der Waals surface area contributed by atoms with Crippen molar-refractivity contribution in [2.45, 2.75) is 0 Å². The second-order valence-electron chi connectivity index (χ2n) is 3.97. The Balaban J connectivity index is 2.51. The molecule has 2 aromatic carbocycles. The van der Waals surface area contributed by atoms with E-state index in [1.165, 1.54) is 6.07 Å². The summed E-state index contributed by atoms with van der Waals surface area (Å²) < 4.78 is 13.7. The third-order valence-corrected chi connectivity index (χ3v) is 2.71. The van der Waals surface area contributed by atoms with Gasteiger partial charge in [0.05, 0.1) is 0 Å². The van der Waals surface area contributed by atoms with Crippen LogP contribution >= 0.6 is 0 Å². The van der Waals surface area contributed by atoms with Gasteiger partial charge in [0, 0.05) is 11.3 Å². The van der Waals surface area contributed by atoms with Crippen molar-refractivity contribution in [3.8, 4) is 11.1 Å². The molecular weight excluding hydrogens is 249 g/mol. The van der Waals surface area contributed by atoms with Crippen LogP contribution < -0.4 is 5.73 Å². The molecule has 5 heteroatoms. The van der Waals surface area contributed by atoms with E-state index in [4.69, 9.17) is 10.8 Å². The number of aldehydes is 1. The molecule has 2 aromatic rings. The molecule has 0 amide bonds. The number of carbonyl (C=O) groups excluding carboxylic acids is 1. The van der Waals surface area contributed by atoms with Crippen molar-refractivity contribution in [2.24, 2.45) is 0 Å². The molecule has 0 heterocycles. The molecule has 3 N–H and O–H groups in total. The number of rotatable bonds is 3. The standard InChI is InChI=1S/C14H10FNO3/c15-11-5-10(6-12(16)13(11)14(18)19)9-3-1-8(7-17)2-4-9/h1-7H,16H2,(H,18,19). The van der Waals surface area contributed by atoms with Gasteiger partial charge in [-0.05, 0) is 23.3 Å². The lowest BCUT2D eigenvalue weighted by Gasteiger charge is -2.07. The van der Waals surface area contributed by atoms with E-state index in [0.717, 1.165) is 6.07 Å². The molecule has 2 rings (SSSR count). The number of carboxylic acids is 1. The summed E-state index contributed by atoms with van der Waals surface area (Å²) in [6.07, 6.45) is 0.701. The van der Waals surface area contributed by atoms with Gasteiger partial charge in [0.2, 0.25) is 0 Å². The smallest absolute Gasteiger partial charge is 0.340 e. The molecule has 0 radical (unpaired) electrons. The van der Waals surface area contributed by atoms with Crippen LogP contribution in [0.1, 0.15) is 20.7 Å². The first-order valence-electron chi connectivity index (χ1n) is 5.41. The number of hydrogen-bond donors (Lipinski definition) is 2. The Hall–Kier alpha value is -2.69. The summed E-state index contributed by atoms with van der Waals surface area (Å²) in [5.41, 5.74) is 6.47. The second kappa shape index (κ2) is 4.89. The maximum Gasteiger partial charge on any atom is 0.340 e. The van der Waals surface area contributed by atoms with Crippen LogP contribution in [0, 0.1) is 5.82 Å². The lowest BCUT2D eigenvalue weighted by molar-refractivity contribution is 0.0693. The highest BCUT2D eigenvalue weighted by atomic mass is 19.1. The molecule has 4 nitrogen and oxygen atoms in total. The molecule has 0 bridgehead atoms. The van der Waals surface area contributed by atoms with Crippen molar-refractivity contribution in [2.75, 3.05) is 5.73 Å². The Kier molecular flexibility index (Phi) is 3.29. The quantitative estimate of drug-likeness (QED) is 0.655. The van der Waals surface area contributed by atoms with Crippen molar-refractivity contribution in [1.82, 2.24) is 0 Å². The summed E-state index contributed by atoms with van der Waals surface area (Å²) in [5.74, 6) is -2.29. The van der Waals surface area contributed by atoms with E-state index in [0.29, 0.717) is 23.0 Å². The first kappa shape index (κ1) is 12.8. The monoisotopic (exact) mass is 259 g/mol. The number of carboxylic acid groups (broad SMARTS) is 1. The Morgan fingerprint density at radius 3 is 2.26 bits per heavy atom. The highest BCUT2D eigenvalue weighted by molar-refractivity contribution is 5.95. The van der Waals surface area contributed by atoms with Crippen LogP contribution in [-0.2, 0) is 0 Å². The first-order chi connectivity index (χ1) is 9.02. The van der Waals surface area contributed by atoms with Crippen LogP contribution in [0.25, 0.3) is 11.1 Å². The fourth-order valence-electron chi connectivity index (χ4n) is 1.77. The summed E-state index contributed by atoms with van der Waals surface area (Å²) in [5, 5.41) is 8.82. The first-order valence-corrected chi connectivity index (χ1v) is 5.41. The molecule has 0 atom stereocenters. The normalized spacial score (nSPS) is 10.2. The van der Waals surface area contributed by atoms with E-state index in [1.807, 2.05) is 0 Å². The summed E-state index contributed by atoms with van der Waals surface area (Å²) in [7, 11) is 0. The molecule has 0 aliphatic rings. The van der Waals surface area contributed by atoms with Crippen LogP contribution in [0.15, 0.2) is 36.4 Å². The van der Waals surface area contributed by atoms with Gasteiger partial charge in [0.1, 0.15) is 17.7 Å². The van der Waals surface area contributed by atoms with Gasteiger partial charge in [0.25, 0.3) is 0 Å². The minimum atomic E-state index is -1.40. The zero-order valence-corrected chi connectivity index (χ0v) is 9.76. The second-order valence-corrected chi connectivity index (χ2v) is 3.97. The lowest BCUT2D eigenvalue weighted by Crippen LogP contribution is -2.06. The third-order valence-electron chi connectivity index (χ3n) is 2.71. The van der Waals surface area contributed by atoms with Crippen LogP contribution in [0.5, 0.6) is 0 Å². The van der Waals surface area contributed by atoms with E-state index in [2.05, 4.69) is 0 Å². The fraction of sp³-hybridized carbons (Fsp3) is 0.